The van der Waals surface area contributed by atoms with Crippen molar-refractivity contribution in [2.75, 3.05) is 6.54 Å². The predicted octanol–water partition coefficient (Wildman–Crippen LogP) is 4.88. The first kappa shape index (κ1) is 20.1. The van der Waals surface area contributed by atoms with E-state index < -0.39 is 0 Å². The molecule has 0 aliphatic heterocycles. The van der Waals surface area contributed by atoms with E-state index in [-0.39, 0.29) is 11.7 Å². The fourth-order valence-electron chi connectivity index (χ4n) is 3.44. The number of hydrogen-bond acceptors (Lipinski definition) is 3. The third-order valence-electron chi connectivity index (χ3n) is 5.38. The molecule has 0 saturated heterocycles. The Hall–Kier alpha value is -3.15. The Morgan fingerprint density at radius 2 is 2.00 bits per heavy atom. The second-order valence-corrected chi connectivity index (χ2v) is 7.87. The molecule has 5 nitrogen and oxygen atoms in total. The van der Waals surface area contributed by atoms with Crippen LogP contribution in [0.5, 0.6) is 11.6 Å². The standard InChI is InChI=1S/C24H26FN3O2/c1-16-6-3-4-9-22(16)28-24(30-20-8-5-7-19(25)14-20)21(17(2)27-28)12-13-23(29)26-15-18-10-11-18/h3-9,14,18H,10-13,15H2,1-2H3,(H,26,29). The van der Waals surface area contributed by atoms with Crippen molar-refractivity contribution in [3.05, 3.63) is 71.2 Å². The SMILES string of the molecule is Cc1ccccc1-n1nc(C)c(CCC(=O)NCC2CC2)c1Oc1cccc(F)c1. The number of rotatable bonds is 8. The molecule has 1 aliphatic rings. The predicted molar refractivity (Wildman–Crippen MR) is 114 cm³/mol. The van der Waals surface area contributed by atoms with E-state index in [9.17, 15) is 9.18 Å². The molecule has 1 aliphatic carbocycles. The van der Waals surface area contributed by atoms with Gasteiger partial charge in [0.25, 0.3) is 0 Å². The van der Waals surface area contributed by atoms with E-state index in [1.54, 1.807) is 16.8 Å². The molecular weight excluding hydrogens is 381 g/mol. The van der Waals surface area contributed by atoms with E-state index in [2.05, 4.69) is 10.4 Å². The molecule has 4 rings (SSSR count). The van der Waals surface area contributed by atoms with Gasteiger partial charge < -0.3 is 10.1 Å². The van der Waals surface area contributed by atoms with Gasteiger partial charge in [0.1, 0.15) is 11.6 Å². The maximum atomic E-state index is 13.7. The van der Waals surface area contributed by atoms with Crippen LogP contribution in [-0.4, -0.2) is 22.2 Å². The van der Waals surface area contributed by atoms with Crippen molar-refractivity contribution in [3.8, 4) is 17.3 Å². The molecule has 1 N–H and O–H groups in total. The third-order valence-corrected chi connectivity index (χ3v) is 5.38. The molecule has 1 fully saturated rings. The number of halogens is 1. The zero-order chi connectivity index (χ0) is 21.1. The number of benzene rings is 2. The van der Waals surface area contributed by atoms with Gasteiger partial charge in [0.15, 0.2) is 0 Å². The van der Waals surface area contributed by atoms with Gasteiger partial charge in [-0.3, -0.25) is 4.79 Å². The summed E-state index contributed by atoms with van der Waals surface area (Å²) in [6.45, 7) is 4.67. The van der Waals surface area contributed by atoms with Crippen LogP contribution < -0.4 is 10.1 Å². The zero-order valence-corrected chi connectivity index (χ0v) is 17.3. The molecule has 1 amide bonds. The molecule has 0 spiro atoms. The van der Waals surface area contributed by atoms with Crippen molar-refractivity contribution in [2.45, 2.75) is 39.5 Å². The molecule has 1 saturated carbocycles. The van der Waals surface area contributed by atoms with Gasteiger partial charge in [-0.25, -0.2) is 4.39 Å². The Morgan fingerprint density at radius 3 is 2.73 bits per heavy atom. The zero-order valence-electron chi connectivity index (χ0n) is 17.3. The van der Waals surface area contributed by atoms with E-state index >= 15 is 0 Å². The summed E-state index contributed by atoms with van der Waals surface area (Å²) in [4.78, 5) is 12.3. The van der Waals surface area contributed by atoms with Gasteiger partial charge in [0.05, 0.1) is 11.4 Å². The van der Waals surface area contributed by atoms with Crippen LogP contribution in [-0.2, 0) is 11.2 Å². The van der Waals surface area contributed by atoms with E-state index in [1.807, 2.05) is 38.1 Å². The van der Waals surface area contributed by atoms with Gasteiger partial charge in [-0.2, -0.15) is 9.78 Å². The fourth-order valence-corrected chi connectivity index (χ4v) is 3.44. The third kappa shape index (κ3) is 4.70. The van der Waals surface area contributed by atoms with Gasteiger partial charge in [0, 0.05) is 24.6 Å². The lowest BCUT2D eigenvalue weighted by Gasteiger charge is -2.13. The highest BCUT2D eigenvalue weighted by molar-refractivity contribution is 5.76. The first-order valence-corrected chi connectivity index (χ1v) is 10.4. The molecule has 1 aromatic heterocycles. The number of hydrogen-bond donors (Lipinski definition) is 1. The van der Waals surface area contributed by atoms with Crippen molar-refractivity contribution in [1.29, 1.82) is 0 Å². The summed E-state index contributed by atoms with van der Waals surface area (Å²) in [7, 11) is 0. The number of carbonyl (C=O) groups is 1. The van der Waals surface area contributed by atoms with Crippen LogP contribution in [0.3, 0.4) is 0 Å². The molecule has 156 valence electrons. The minimum atomic E-state index is -0.368. The minimum Gasteiger partial charge on any atom is -0.439 e. The molecule has 2 aromatic carbocycles. The Morgan fingerprint density at radius 1 is 1.20 bits per heavy atom. The number of para-hydroxylation sites is 1. The summed E-state index contributed by atoms with van der Waals surface area (Å²) in [5.41, 5.74) is 3.57. The van der Waals surface area contributed by atoms with Crippen molar-refractivity contribution in [2.24, 2.45) is 5.92 Å². The molecule has 6 heteroatoms. The van der Waals surface area contributed by atoms with E-state index in [1.165, 1.54) is 25.0 Å². The highest BCUT2D eigenvalue weighted by atomic mass is 19.1. The largest absolute Gasteiger partial charge is 0.439 e. The molecular formula is C24H26FN3O2. The normalized spacial score (nSPS) is 13.3. The second-order valence-electron chi connectivity index (χ2n) is 7.87. The Balaban J connectivity index is 1.63. The Bertz CT molecular complexity index is 1060. The smallest absolute Gasteiger partial charge is 0.226 e. The second kappa shape index (κ2) is 8.69. The van der Waals surface area contributed by atoms with Crippen LogP contribution in [0, 0.1) is 25.6 Å². The highest BCUT2D eigenvalue weighted by Gasteiger charge is 2.23. The van der Waals surface area contributed by atoms with Crippen LogP contribution in [0.15, 0.2) is 48.5 Å². The maximum Gasteiger partial charge on any atom is 0.226 e. The van der Waals surface area contributed by atoms with Crippen LogP contribution in [0.4, 0.5) is 4.39 Å². The molecule has 3 aromatic rings. The molecule has 0 bridgehead atoms. The first-order valence-electron chi connectivity index (χ1n) is 10.4. The number of aromatic nitrogens is 2. The quantitative estimate of drug-likeness (QED) is 0.579. The Labute approximate surface area is 175 Å². The molecule has 0 radical (unpaired) electrons. The monoisotopic (exact) mass is 407 g/mol. The lowest BCUT2D eigenvalue weighted by Crippen LogP contribution is -2.25. The number of nitrogens with one attached hydrogen (secondary N) is 1. The van der Waals surface area contributed by atoms with Gasteiger partial charge in [-0.05, 0) is 62.8 Å². The van der Waals surface area contributed by atoms with Crippen molar-refractivity contribution >= 4 is 5.91 Å². The summed E-state index contributed by atoms with van der Waals surface area (Å²) in [6, 6.07) is 13.9. The summed E-state index contributed by atoms with van der Waals surface area (Å²) >= 11 is 0. The van der Waals surface area contributed by atoms with E-state index in [0.717, 1.165) is 29.1 Å². The lowest BCUT2D eigenvalue weighted by atomic mass is 10.1. The Kier molecular flexibility index (Phi) is 5.84. The number of ether oxygens (including phenoxy) is 1. The summed E-state index contributed by atoms with van der Waals surface area (Å²) in [5, 5.41) is 7.69. The molecule has 30 heavy (non-hydrogen) atoms. The number of aryl methyl sites for hydroxylation is 2. The van der Waals surface area contributed by atoms with Gasteiger partial charge in [0.2, 0.25) is 11.8 Å². The lowest BCUT2D eigenvalue weighted by molar-refractivity contribution is -0.121. The first-order chi connectivity index (χ1) is 14.5. The molecule has 0 atom stereocenters. The van der Waals surface area contributed by atoms with Crippen molar-refractivity contribution < 1.29 is 13.9 Å². The van der Waals surface area contributed by atoms with E-state index in [0.29, 0.717) is 30.4 Å². The topological polar surface area (TPSA) is 56.2 Å². The van der Waals surface area contributed by atoms with Crippen LogP contribution in [0.2, 0.25) is 0 Å². The van der Waals surface area contributed by atoms with Gasteiger partial charge in [-0.1, -0.05) is 24.3 Å². The number of amides is 1. The van der Waals surface area contributed by atoms with Crippen molar-refractivity contribution in [3.63, 3.8) is 0 Å². The number of nitrogens with zero attached hydrogens (tertiary/aromatic N) is 2. The maximum absolute atomic E-state index is 13.7. The number of carbonyl (C=O) groups excluding carboxylic acids is 1. The molecule has 0 unspecified atom stereocenters. The average Bonchev–Trinajstić information content (AvgIpc) is 3.50. The average molecular weight is 407 g/mol. The summed E-state index contributed by atoms with van der Waals surface area (Å²) in [5.74, 6) is 1.21. The van der Waals surface area contributed by atoms with Crippen molar-refractivity contribution in [1.82, 2.24) is 15.1 Å². The summed E-state index contributed by atoms with van der Waals surface area (Å²) in [6.07, 6.45) is 3.26. The fraction of sp³-hybridized carbons (Fsp3) is 0.333. The summed E-state index contributed by atoms with van der Waals surface area (Å²) < 4.78 is 21.6. The van der Waals surface area contributed by atoms with Crippen LogP contribution in [0.1, 0.15) is 36.1 Å². The van der Waals surface area contributed by atoms with Crippen LogP contribution in [0.25, 0.3) is 5.69 Å². The molecule has 1 heterocycles. The minimum absolute atomic E-state index is 0.0293. The van der Waals surface area contributed by atoms with Gasteiger partial charge in [-0.15, -0.1) is 0 Å². The van der Waals surface area contributed by atoms with E-state index in [4.69, 9.17) is 4.74 Å². The highest BCUT2D eigenvalue weighted by Crippen LogP contribution is 2.33. The van der Waals surface area contributed by atoms with Crippen LogP contribution >= 0.6 is 0 Å². The van der Waals surface area contributed by atoms with Gasteiger partial charge >= 0.3 is 0 Å².